The summed E-state index contributed by atoms with van der Waals surface area (Å²) >= 11 is 0. The lowest BCUT2D eigenvalue weighted by molar-refractivity contribution is -0.188. The molecule has 0 spiro atoms. The third kappa shape index (κ3) is 3.66. The van der Waals surface area contributed by atoms with Crippen LogP contribution in [-0.4, -0.2) is 50.9 Å². The van der Waals surface area contributed by atoms with Gasteiger partial charge in [-0.25, -0.2) is 0 Å². The average molecular weight is 371 g/mol. The first-order valence-electron chi connectivity index (χ1n) is 10.5. The molecule has 27 heavy (non-hydrogen) atoms. The van der Waals surface area contributed by atoms with Crippen LogP contribution in [0.4, 0.5) is 5.69 Å². The fourth-order valence-corrected chi connectivity index (χ4v) is 5.25. The number of rotatable bonds is 3. The quantitative estimate of drug-likeness (QED) is 0.634. The SMILES string of the molecule is CN=C(NC1CCN(c2ccccc2)CC1)NC1C2CCCOC2C1(C)C. The Balaban J connectivity index is 1.30. The number of hydrogen-bond donors (Lipinski definition) is 2. The van der Waals surface area contributed by atoms with Gasteiger partial charge in [-0.2, -0.15) is 0 Å². The van der Waals surface area contributed by atoms with Gasteiger partial charge in [0, 0.05) is 55.8 Å². The van der Waals surface area contributed by atoms with Crippen LogP contribution in [0.25, 0.3) is 0 Å². The van der Waals surface area contributed by atoms with E-state index in [-0.39, 0.29) is 5.41 Å². The van der Waals surface area contributed by atoms with Gasteiger partial charge in [0.2, 0.25) is 0 Å². The highest BCUT2D eigenvalue weighted by Crippen LogP contribution is 2.51. The topological polar surface area (TPSA) is 48.9 Å². The Hall–Kier alpha value is -1.75. The van der Waals surface area contributed by atoms with Crippen LogP contribution in [0, 0.1) is 11.3 Å². The Morgan fingerprint density at radius 3 is 2.56 bits per heavy atom. The molecule has 5 nitrogen and oxygen atoms in total. The van der Waals surface area contributed by atoms with E-state index in [1.54, 1.807) is 0 Å². The van der Waals surface area contributed by atoms with Crippen LogP contribution in [0.5, 0.6) is 0 Å². The number of piperidine rings is 1. The summed E-state index contributed by atoms with van der Waals surface area (Å²) in [6.45, 7) is 7.74. The Bertz CT molecular complexity index is 652. The van der Waals surface area contributed by atoms with Gasteiger partial charge in [0.25, 0.3) is 0 Å². The summed E-state index contributed by atoms with van der Waals surface area (Å²) in [6, 6.07) is 11.7. The number of anilines is 1. The van der Waals surface area contributed by atoms with Crippen LogP contribution in [0.3, 0.4) is 0 Å². The van der Waals surface area contributed by atoms with Gasteiger partial charge in [0.1, 0.15) is 0 Å². The van der Waals surface area contributed by atoms with Crippen molar-refractivity contribution < 1.29 is 4.74 Å². The molecule has 1 saturated carbocycles. The summed E-state index contributed by atoms with van der Waals surface area (Å²) in [5.74, 6) is 1.57. The smallest absolute Gasteiger partial charge is 0.191 e. The van der Waals surface area contributed by atoms with Crippen LogP contribution < -0.4 is 15.5 Å². The maximum absolute atomic E-state index is 6.04. The van der Waals surface area contributed by atoms with Gasteiger partial charge < -0.3 is 20.3 Å². The minimum atomic E-state index is 0.166. The highest BCUT2D eigenvalue weighted by Gasteiger charge is 2.58. The second-order valence-corrected chi connectivity index (χ2v) is 8.85. The summed E-state index contributed by atoms with van der Waals surface area (Å²) in [5, 5.41) is 7.41. The lowest BCUT2D eigenvalue weighted by atomic mass is 9.55. The number of fused-ring (bicyclic) bond motifs is 1. The number of nitrogens with zero attached hydrogens (tertiary/aromatic N) is 2. The van der Waals surface area contributed by atoms with Crippen LogP contribution in [0.2, 0.25) is 0 Å². The fourth-order valence-electron chi connectivity index (χ4n) is 5.25. The first-order valence-corrected chi connectivity index (χ1v) is 10.5. The van der Waals surface area contributed by atoms with Gasteiger partial charge in [0.05, 0.1) is 6.10 Å². The Labute approximate surface area is 163 Å². The number of hydrogen-bond acceptors (Lipinski definition) is 3. The Morgan fingerprint density at radius 2 is 1.85 bits per heavy atom. The molecule has 148 valence electrons. The number of nitrogens with one attached hydrogen (secondary N) is 2. The minimum absolute atomic E-state index is 0.166. The van der Waals surface area contributed by atoms with Gasteiger partial charge >= 0.3 is 0 Å². The average Bonchev–Trinajstić information content (AvgIpc) is 2.72. The molecular weight excluding hydrogens is 336 g/mol. The molecule has 3 fully saturated rings. The van der Waals surface area contributed by atoms with Gasteiger partial charge in [0.15, 0.2) is 5.96 Å². The fraction of sp³-hybridized carbons (Fsp3) is 0.682. The molecule has 1 aliphatic carbocycles. The first kappa shape index (κ1) is 18.6. The molecule has 3 unspecified atom stereocenters. The van der Waals surface area contributed by atoms with E-state index in [9.17, 15) is 0 Å². The molecule has 3 atom stereocenters. The second-order valence-electron chi connectivity index (χ2n) is 8.85. The summed E-state index contributed by atoms with van der Waals surface area (Å²) in [5.41, 5.74) is 1.50. The largest absolute Gasteiger partial charge is 0.377 e. The van der Waals surface area contributed by atoms with E-state index in [0.29, 0.717) is 24.1 Å². The van der Waals surface area contributed by atoms with Gasteiger partial charge in [-0.3, -0.25) is 4.99 Å². The van der Waals surface area contributed by atoms with Gasteiger partial charge in [-0.15, -0.1) is 0 Å². The molecule has 0 amide bonds. The summed E-state index contributed by atoms with van der Waals surface area (Å²) in [6.07, 6.45) is 5.12. The van der Waals surface area contributed by atoms with E-state index in [1.807, 2.05) is 7.05 Å². The van der Waals surface area contributed by atoms with Crippen molar-refractivity contribution in [3.63, 3.8) is 0 Å². The Morgan fingerprint density at radius 1 is 1.11 bits per heavy atom. The highest BCUT2D eigenvalue weighted by atomic mass is 16.5. The Kier molecular flexibility index (Phi) is 5.31. The maximum Gasteiger partial charge on any atom is 0.191 e. The van der Waals surface area contributed by atoms with Crippen molar-refractivity contribution in [2.45, 2.75) is 57.7 Å². The summed E-state index contributed by atoms with van der Waals surface area (Å²) in [4.78, 5) is 7.00. The highest BCUT2D eigenvalue weighted by molar-refractivity contribution is 5.80. The van der Waals surface area contributed by atoms with E-state index in [1.165, 1.54) is 18.5 Å². The summed E-state index contributed by atoms with van der Waals surface area (Å²) in [7, 11) is 1.88. The van der Waals surface area contributed by atoms with E-state index in [2.05, 4.69) is 64.7 Å². The van der Waals surface area contributed by atoms with Crippen molar-refractivity contribution in [1.82, 2.24) is 10.6 Å². The predicted molar refractivity (Wildman–Crippen MR) is 111 cm³/mol. The van der Waals surface area contributed by atoms with E-state index in [0.717, 1.165) is 38.5 Å². The molecule has 4 rings (SSSR count). The molecule has 2 saturated heterocycles. The van der Waals surface area contributed by atoms with Crippen LogP contribution in [-0.2, 0) is 4.74 Å². The zero-order valence-electron chi connectivity index (χ0n) is 16.9. The normalized spacial score (nSPS) is 31.0. The number of ether oxygens (including phenoxy) is 1. The molecule has 0 aromatic heterocycles. The van der Waals surface area contributed by atoms with Crippen molar-refractivity contribution in [3.05, 3.63) is 30.3 Å². The zero-order valence-corrected chi connectivity index (χ0v) is 16.9. The standard InChI is InChI=1S/C22H34N4O/c1-22(2)19(18-10-7-15-27-20(18)22)25-21(23-3)24-16-11-13-26(14-12-16)17-8-5-4-6-9-17/h4-6,8-9,16,18-20H,7,10-15H2,1-3H3,(H2,23,24,25). The predicted octanol–water partition coefficient (Wildman–Crippen LogP) is 3.02. The van der Waals surface area contributed by atoms with Gasteiger partial charge in [-0.05, 0) is 37.8 Å². The van der Waals surface area contributed by atoms with E-state index >= 15 is 0 Å². The van der Waals surface area contributed by atoms with Crippen LogP contribution in [0.1, 0.15) is 39.5 Å². The lowest BCUT2D eigenvalue weighted by Gasteiger charge is -2.60. The van der Waals surface area contributed by atoms with E-state index in [4.69, 9.17) is 4.74 Å². The van der Waals surface area contributed by atoms with Crippen molar-refractivity contribution in [1.29, 1.82) is 0 Å². The van der Waals surface area contributed by atoms with Crippen LogP contribution in [0.15, 0.2) is 35.3 Å². The third-order valence-corrected chi connectivity index (χ3v) is 6.80. The molecule has 2 aliphatic heterocycles. The van der Waals surface area contributed by atoms with Crippen molar-refractivity contribution >= 4 is 11.6 Å². The lowest BCUT2D eigenvalue weighted by Crippen LogP contribution is -2.71. The maximum atomic E-state index is 6.04. The molecule has 0 bridgehead atoms. The molecule has 2 heterocycles. The third-order valence-electron chi connectivity index (χ3n) is 6.80. The second kappa shape index (κ2) is 7.70. The van der Waals surface area contributed by atoms with Gasteiger partial charge in [-0.1, -0.05) is 32.0 Å². The van der Waals surface area contributed by atoms with E-state index < -0.39 is 0 Å². The molecular formula is C22H34N4O. The number of para-hydroxylation sites is 1. The minimum Gasteiger partial charge on any atom is -0.377 e. The molecule has 5 heteroatoms. The molecule has 1 aromatic carbocycles. The van der Waals surface area contributed by atoms with Crippen LogP contribution >= 0.6 is 0 Å². The first-order chi connectivity index (χ1) is 13.1. The molecule has 0 radical (unpaired) electrons. The van der Waals surface area contributed by atoms with Crippen molar-refractivity contribution in [3.8, 4) is 0 Å². The van der Waals surface area contributed by atoms with Crippen molar-refractivity contribution in [2.24, 2.45) is 16.3 Å². The monoisotopic (exact) mass is 370 g/mol. The number of aliphatic imine (C=N–C) groups is 1. The number of guanidine groups is 1. The summed E-state index contributed by atoms with van der Waals surface area (Å²) < 4.78 is 6.04. The molecule has 2 N–H and O–H groups in total. The molecule has 3 aliphatic rings. The molecule has 1 aromatic rings. The zero-order chi connectivity index (χ0) is 18.9. The van der Waals surface area contributed by atoms with Crippen molar-refractivity contribution in [2.75, 3.05) is 31.6 Å². The number of benzene rings is 1.